The predicted molar refractivity (Wildman–Crippen MR) is 314 cm³/mol. The molecular weight excluding hydrogens is 1100 g/mol. The molecule has 2 heterocycles. The van der Waals surface area contributed by atoms with Gasteiger partial charge in [0.15, 0.2) is 0 Å². The van der Waals surface area contributed by atoms with Crippen molar-refractivity contribution in [1.82, 2.24) is 14.5 Å². The largest absolute Gasteiger partial charge is 0.507 e. The second kappa shape index (κ2) is 19.9. The van der Waals surface area contributed by atoms with Gasteiger partial charge in [-0.25, -0.2) is 4.98 Å². The third-order valence-electron chi connectivity index (χ3n) is 14.1. The van der Waals surface area contributed by atoms with Crippen molar-refractivity contribution in [2.75, 3.05) is 0 Å². The fraction of sp³-hybridized carbons (Fsp3) is 0.294. The molecule has 0 amide bonds. The van der Waals surface area contributed by atoms with Crippen LogP contribution in [0.5, 0.6) is 5.75 Å². The van der Waals surface area contributed by atoms with Gasteiger partial charge in [-0.15, -0.1) is 29.3 Å². The smallest absolute Gasteiger partial charge is 0.148 e. The van der Waals surface area contributed by atoms with Gasteiger partial charge >= 0.3 is 0 Å². The molecule has 2 aromatic heterocycles. The number of hydrogen-bond acceptors (Lipinski definition) is 3. The molecule has 0 atom stereocenters. The van der Waals surface area contributed by atoms with Crippen molar-refractivity contribution in [3.8, 4) is 78.6 Å². The fourth-order valence-corrected chi connectivity index (χ4v) is 10.6. The van der Waals surface area contributed by atoms with E-state index in [4.69, 9.17) is 18.2 Å². The first-order chi connectivity index (χ1) is 37.4. The first-order valence-corrected chi connectivity index (χ1v) is 28.9. The molecule has 0 spiro atoms. The summed E-state index contributed by atoms with van der Waals surface area (Å²) in [5, 5.41) is 13.8. The van der Waals surface area contributed by atoms with Crippen LogP contribution in [0.2, 0.25) is 19.6 Å². The van der Waals surface area contributed by atoms with E-state index in [1.165, 1.54) is 0 Å². The minimum absolute atomic E-state index is 0. The normalized spacial score (nSPS) is 14.3. The molecule has 6 heteroatoms. The number of rotatable bonds is 8. The van der Waals surface area contributed by atoms with Crippen LogP contribution in [0.1, 0.15) is 122 Å². The zero-order chi connectivity index (χ0) is 59.4. The number of aryl methyl sites for hydroxylation is 1. The maximum Gasteiger partial charge on any atom is 0.148 e. The average molecular weight is 1180 g/mol. The summed E-state index contributed by atoms with van der Waals surface area (Å²) in [5.74, 6) is 0.486. The van der Waals surface area contributed by atoms with Crippen molar-refractivity contribution in [2.45, 2.75) is 131 Å². The molecule has 0 radical (unpaired) electrons. The van der Waals surface area contributed by atoms with Gasteiger partial charge in [0.2, 0.25) is 0 Å². The number of pyridine rings is 1. The van der Waals surface area contributed by atoms with E-state index >= 15 is 0 Å². The number of aromatic nitrogens is 3. The average Bonchev–Trinajstić information content (AvgIpc) is 1.88. The van der Waals surface area contributed by atoms with Crippen LogP contribution in [0.4, 0.5) is 0 Å². The molecule has 74 heavy (non-hydrogen) atoms. The molecule has 9 aromatic rings. The Morgan fingerprint density at radius 1 is 0.568 bits per heavy atom. The number of hydrogen-bond donors (Lipinski definition) is 1. The van der Waals surface area contributed by atoms with Crippen molar-refractivity contribution >= 4 is 24.3 Å². The molecule has 9 rings (SSSR count). The Balaban J connectivity index is 0.00000880. The van der Waals surface area contributed by atoms with Crippen LogP contribution in [0.3, 0.4) is 0 Å². The standard InChI is InChI=1S/C68H74N3OSi.Pt/c1-43-35-53(73(14,15)16)30-31-54(43)46-27-25-44(26-28-46)47-33-34-69-59(39-47)49-36-48(37-51(38-49)66(5,6)7)55-23-20-24-61-62(55)70-64(57-41-52(67(8,9)10)42-58(63(57)72)68(11,12)13)71(61)60-32-29-50(65(2,3)4)40-56(60)45-21-18-17-19-22-45;/h17-35,37-42,72H,1-16H3;/q-1;/i1D3,17D,18D,19D,21D,22D;. The van der Waals surface area contributed by atoms with Gasteiger partial charge in [0.1, 0.15) is 11.6 Å². The number of phenolic OH excluding ortho intramolecular Hbond substituents is 1. The Kier molecular flexibility index (Phi) is 11.9. The van der Waals surface area contributed by atoms with E-state index in [0.29, 0.717) is 50.5 Å². The van der Waals surface area contributed by atoms with Crippen LogP contribution in [-0.2, 0) is 42.7 Å². The van der Waals surface area contributed by atoms with E-state index in [9.17, 15) is 7.85 Å². The van der Waals surface area contributed by atoms with Crippen LogP contribution in [0, 0.1) is 12.9 Å². The Labute approximate surface area is 468 Å². The molecule has 4 nitrogen and oxygen atoms in total. The summed E-state index contributed by atoms with van der Waals surface area (Å²) < 4.78 is 72.1. The molecule has 382 valence electrons. The van der Waals surface area contributed by atoms with Gasteiger partial charge in [-0.3, -0.25) is 9.55 Å². The number of nitrogens with zero attached hydrogens (tertiary/aromatic N) is 3. The Bertz CT molecular complexity index is 3930. The number of para-hydroxylation sites is 1. The van der Waals surface area contributed by atoms with Crippen molar-refractivity contribution in [3.05, 3.63) is 186 Å². The third-order valence-corrected chi connectivity index (χ3v) is 16.1. The summed E-state index contributed by atoms with van der Waals surface area (Å²) in [5.41, 5.74) is 11.7. The zero-order valence-corrected chi connectivity index (χ0v) is 48.9. The van der Waals surface area contributed by atoms with Gasteiger partial charge in [-0.1, -0.05) is 222 Å². The first-order valence-electron chi connectivity index (χ1n) is 29.4. The number of phenols is 1. The molecular formula is C68H74N3OPtSi-. The molecule has 0 saturated heterocycles. The predicted octanol–water partition coefficient (Wildman–Crippen LogP) is 18.0. The summed E-state index contributed by atoms with van der Waals surface area (Å²) in [6.07, 6.45) is 1.80. The van der Waals surface area contributed by atoms with Crippen molar-refractivity contribution < 1.29 is 37.1 Å². The fourth-order valence-electron chi connectivity index (χ4n) is 9.48. The summed E-state index contributed by atoms with van der Waals surface area (Å²) in [7, 11) is -1.77. The van der Waals surface area contributed by atoms with E-state index in [1.807, 2.05) is 89.5 Å². The van der Waals surface area contributed by atoms with Crippen LogP contribution in [0.25, 0.3) is 83.9 Å². The number of aromatic hydroxyl groups is 1. The van der Waals surface area contributed by atoms with E-state index in [2.05, 4.69) is 139 Å². The molecule has 0 aliphatic rings. The van der Waals surface area contributed by atoms with Crippen LogP contribution in [-0.4, -0.2) is 27.7 Å². The van der Waals surface area contributed by atoms with Gasteiger partial charge in [-0.05, 0) is 103 Å². The van der Waals surface area contributed by atoms with Crippen molar-refractivity contribution in [3.63, 3.8) is 0 Å². The van der Waals surface area contributed by atoms with Gasteiger partial charge < -0.3 is 5.11 Å². The van der Waals surface area contributed by atoms with E-state index in [1.54, 1.807) is 6.20 Å². The van der Waals surface area contributed by atoms with E-state index in [0.717, 1.165) is 60.8 Å². The topological polar surface area (TPSA) is 50.9 Å². The monoisotopic (exact) mass is 1180 g/mol. The van der Waals surface area contributed by atoms with Gasteiger partial charge in [0.25, 0.3) is 0 Å². The second-order valence-corrected chi connectivity index (χ2v) is 29.9. The van der Waals surface area contributed by atoms with Crippen LogP contribution >= 0.6 is 0 Å². The Morgan fingerprint density at radius 2 is 1.20 bits per heavy atom. The van der Waals surface area contributed by atoms with Gasteiger partial charge in [0.05, 0.1) is 37.2 Å². The van der Waals surface area contributed by atoms with Crippen molar-refractivity contribution in [1.29, 1.82) is 0 Å². The van der Waals surface area contributed by atoms with E-state index in [-0.39, 0.29) is 60.7 Å². The van der Waals surface area contributed by atoms with Crippen LogP contribution in [0.15, 0.2) is 152 Å². The molecule has 0 bridgehead atoms. The SMILES string of the molecule is [2H]c1c([2H])c([2H])c(-c2cc(C(C)(C)C)ccc2-n2c(-c3cc(C(C)(C)C)cc(C(C)(C)C)c3O)nc3c(-c4[c-]c(-c5cc(-c6ccc(-c7ccc([Si](C)(C)C)cc7C([2H])([2H])[2H])cc6)ccn5)cc(C(C)(C)C)c4)cccc32)c([2H])c1[2H].[Pt]. The number of benzene rings is 7. The summed E-state index contributed by atoms with van der Waals surface area (Å²) >= 11 is 0. The van der Waals surface area contributed by atoms with Crippen molar-refractivity contribution in [2.24, 2.45) is 0 Å². The summed E-state index contributed by atoms with van der Waals surface area (Å²) in [4.78, 5) is 10.5. The molecule has 0 saturated carbocycles. The first kappa shape index (κ1) is 44.2. The van der Waals surface area contributed by atoms with E-state index < -0.39 is 38.5 Å². The number of fused-ring (bicyclic) bond motifs is 1. The molecule has 0 aliphatic heterocycles. The third kappa shape index (κ3) is 10.8. The minimum atomic E-state index is -2.27. The maximum absolute atomic E-state index is 12.7. The summed E-state index contributed by atoms with van der Waals surface area (Å²) in [6, 6.07) is 40.0. The van der Waals surface area contributed by atoms with Gasteiger partial charge in [0, 0.05) is 48.2 Å². The molecule has 1 N–H and O–H groups in total. The van der Waals surface area contributed by atoms with Crippen LogP contribution < -0.4 is 5.19 Å². The molecule has 0 aliphatic carbocycles. The quantitative estimate of drug-likeness (QED) is 0.122. The maximum atomic E-state index is 12.7. The summed E-state index contributed by atoms with van der Waals surface area (Å²) in [6.45, 7) is 29.8. The minimum Gasteiger partial charge on any atom is -0.507 e. The second-order valence-electron chi connectivity index (χ2n) is 24.8. The Morgan fingerprint density at radius 3 is 1.84 bits per heavy atom. The number of imidazole rings is 1. The molecule has 0 fully saturated rings. The van der Waals surface area contributed by atoms with Gasteiger partial charge in [-0.2, -0.15) is 0 Å². The molecule has 0 unspecified atom stereocenters. The molecule has 7 aromatic carbocycles. The zero-order valence-electron chi connectivity index (χ0n) is 53.7. The Hall–Kier alpha value is -6.13.